The number of rotatable bonds is 5. The van der Waals surface area contributed by atoms with Gasteiger partial charge in [0.15, 0.2) is 5.11 Å². The van der Waals surface area contributed by atoms with Crippen molar-refractivity contribution in [3.8, 4) is 0 Å². The number of benzene rings is 1. The zero-order valence-corrected chi connectivity index (χ0v) is 14.5. The van der Waals surface area contributed by atoms with Crippen molar-refractivity contribution in [1.29, 1.82) is 0 Å². The fraction of sp³-hybridized carbons (Fsp3) is 0.412. The number of aromatic nitrogens is 2. The smallest absolute Gasteiger partial charge is 0.170 e. The molecule has 118 valence electrons. The second-order valence-corrected chi connectivity index (χ2v) is 6.42. The molecule has 0 aliphatic rings. The number of nitrogens with one attached hydrogen (secondary N) is 2. The molecule has 0 saturated heterocycles. The fourth-order valence-corrected chi connectivity index (χ4v) is 2.43. The zero-order valence-electron chi connectivity index (χ0n) is 13.7. The topological polar surface area (TPSA) is 41.9 Å². The highest BCUT2D eigenvalue weighted by molar-refractivity contribution is 7.80. The molecule has 2 aromatic rings. The molecule has 0 saturated carbocycles. The molecule has 0 unspecified atom stereocenters. The van der Waals surface area contributed by atoms with Crippen molar-refractivity contribution in [2.45, 2.75) is 34.2 Å². The molecule has 1 aromatic carbocycles. The highest BCUT2D eigenvalue weighted by atomic mass is 32.1. The maximum Gasteiger partial charge on any atom is 0.170 e. The van der Waals surface area contributed by atoms with Gasteiger partial charge in [0.25, 0.3) is 0 Å². The lowest BCUT2D eigenvalue weighted by Crippen LogP contribution is -2.31. The van der Waals surface area contributed by atoms with E-state index in [0.717, 1.165) is 24.5 Å². The van der Waals surface area contributed by atoms with Crippen LogP contribution in [0.4, 0.5) is 5.69 Å². The van der Waals surface area contributed by atoms with E-state index in [-0.39, 0.29) is 0 Å². The van der Waals surface area contributed by atoms with Gasteiger partial charge >= 0.3 is 0 Å². The molecule has 2 rings (SSSR count). The van der Waals surface area contributed by atoms with Crippen LogP contribution in [-0.4, -0.2) is 21.4 Å². The van der Waals surface area contributed by atoms with Gasteiger partial charge in [-0.15, -0.1) is 0 Å². The average molecular weight is 316 g/mol. The second-order valence-electron chi connectivity index (χ2n) is 6.01. The van der Waals surface area contributed by atoms with E-state index < -0.39 is 0 Å². The van der Waals surface area contributed by atoms with Crippen molar-refractivity contribution in [3.63, 3.8) is 0 Å². The SMILES string of the molecule is Cc1cc(C)n(Cc2cccc(NC(=S)NCC(C)C)c2)n1. The highest BCUT2D eigenvalue weighted by Crippen LogP contribution is 2.13. The van der Waals surface area contributed by atoms with E-state index in [0.29, 0.717) is 11.0 Å². The predicted molar refractivity (Wildman–Crippen MR) is 96.3 cm³/mol. The fourth-order valence-electron chi connectivity index (χ4n) is 2.23. The van der Waals surface area contributed by atoms with E-state index in [1.54, 1.807) is 0 Å². The number of nitrogens with zero attached hydrogens (tertiary/aromatic N) is 2. The van der Waals surface area contributed by atoms with E-state index in [4.69, 9.17) is 12.2 Å². The van der Waals surface area contributed by atoms with Gasteiger partial charge in [0.05, 0.1) is 12.2 Å². The van der Waals surface area contributed by atoms with E-state index in [1.807, 2.05) is 23.7 Å². The first-order valence-electron chi connectivity index (χ1n) is 7.59. The molecule has 0 atom stereocenters. The first-order chi connectivity index (χ1) is 10.4. The molecule has 4 nitrogen and oxygen atoms in total. The van der Waals surface area contributed by atoms with Crippen LogP contribution in [0.1, 0.15) is 30.8 Å². The number of aryl methyl sites for hydroxylation is 2. The van der Waals surface area contributed by atoms with Crippen molar-refractivity contribution in [2.24, 2.45) is 5.92 Å². The summed E-state index contributed by atoms with van der Waals surface area (Å²) < 4.78 is 2.02. The molecule has 5 heteroatoms. The second kappa shape index (κ2) is 7.40. The average Bonchev–Trinajstić information content (AvgIpc) is 2.75. The first-order valence-corrected chi connectivity index (χ1v) is 7.99. The van der Waals surface area contributed by atoms with Crippen LogP contribution in [0.25, 0.3) is 0 Å². The van der Waals surface area contributed by atoms with E-state index in [2.05, 4.69) is 54.7 Å². The van der Waals surface area contributed by atoms with E-state index >= 15 is 0 Å². The van der Waals surface area contributed by atoms with Gasteiger partial charge in [0.1, 0.15) is 0 Å². The standard InChI is InChI=1S/C17H24N4S/c1-12(2)10-18-17(22)19-16-7-5-6-15(9-16)11-21-14(4)8-13(3)20-21/h5-9,12H,10-11H2,1-4H3,(H2,18,19,22). The minimum absolute atomic E-state index is 0.567. The van der Waals surface area contributed by atoms with Crippen LogP contribution in [-0.2, 0) is 6.54 Å². The summed E-state index contributed by atoms with van der Waals surface area (Å²) in [5.41, 5.74) is 4.42. The van der Waals surface area contributed by atoms with Crippen LogP contribution < -0.4 is 10.6 Å². The molecule has 0 spiro atoms. The van der Waals surface area contributed by atoms with Crippen molar-refractivity contribution in [2.75, 3.05) is 11.9 Å². The van der Waals surface area contributed by atoms with Crippen LogP contribution >= 0.6 is 12.2 Å². The summed E-state index contributed by atoms with van der Waals surface area (Å²) in [6.45, 7) is 10.0. The molecule has 0 fully saturated rings. The Morgan fingerprint density at radius 1 is 1.27 bits per heavy atom. The van der Waals surface area contributed by atoms with Crippen LogP contribution in [0.5, 0.6) is 0 Å². The first kappa shape index (κ1) is 16.5. The molecule has 1 heterocycles. The molecule has 0 bridgehead atoms. The van der Waals surface area contributed by atoms with E-state index in [1.165, 1.54) is 11.3 Å². The number of hydrogen-bond donors (Lipinski definition) is 2. The summed E-state index contributed by atoms with van der Waals surface area (Å²) >= 11 is 5.31. The zero-order chi connectivity index (χ0) is 16.1. The molecule has 1 aromatic heterocycles. The molecule has 0 aliphatic carbocycles. The molecular formula is C17H24N4S. The van der Waals surface area contributed by atoms with Crippen molar-refractivity contribution < 1.29 is 0 Å². The Morgan fingerprint density at radius 2 is 2.05 bits per heavy atom. The van der Waals surface area contributed by atoms with Crippen LogP contribution in [0.3, 0.4) is 0 Å². The molecule has 2 N–H and O–H groups in total. The van der Waals surface area contributed by atoms with Gasteiger partial charge in [-0.05, 0) is 55.7 Å². The molecule has 22 heavy (non-hydrogen) atoms. The Morgan fingerprint density at radius 3 is 2.68 bits per heavy atom. The molecule has 0 aliphatic heterocycles. The van der Waals surface area contributed by atoms with Crippen molar-refractivity contribution in [3.05, 3.63) is 47.3 Å². The summed E-state index contributed by atoms with van der Waals surface area (Å²) in [6, 6.07) is 10.4. The monoisotopic (exact) mass is 316 g/mol. The largest absolute Gasteiger partial charge is 0.362 e. The summed E-state index contributed by atoms with van der Waals surface area (Å²) in [4.78, 5) is 0. The van der Waals surface area contributed by atoms with Gasteiger partial charge < -0.3 is 10.6 Å². The van der Waals surface area contributed by atoms with Crippen molar-refractivity contribution in [1.82, 2.24) is 15.1 Å². The number of hydrogen-bond acceptors (Lipinski definition) is 2. The molecule has 0 radical (unpaired) electrons. The third kappa shape index (κ3) is 4.84. The van der Waals surface area contributed by atoms with Gasteiger partial charge in [-0.1, -0.05) is 26.0 Å². The Hall–Kier alpha value is -1.88. The van der Waals surface area contributed by atoms with Gasteiger partial charge in [0, 0.05) is 17.9 Å². The number of anilines is 1. The normalized spacial score (nSPS) is 10.8. The van der Waals surface area contributed by atoms with Gasteiger partial charge in [-0.25, -0.2) is 0 Å². The van der Waals surface area contributed by atoms with Crippen LogP contribution in [0, 0.1) is 19.8 Å². The quantitative estimate of drug-likeness (QED) is 0.829. The van der Waals surface area contributed by atoms with Gasteiger partial charge in [-0.2, -0.15) is 5.10 Å². The maximum absolute atomic E-state index is 5.31. The summed E-state index contributed by atoms with van der Waals surface area (Å²) in [6.07, 6.45) is 0. The lowest BCUT2D eigenvalue weighted by Gasteiger charge is -2.13. The van der Waals surface area contributed by atoms with Crippen LogP contribution in [0.2, 0.25) is 0 Å². The molecular weight excluding hydrogens is 292 g/mol. The predicted octanol–water partition coefficient (Wildman–Crippen LogP) is 3.49. The highest BCUT2D eigenvalue weighted by Gasteiger charge is 2.04. The maximum atomic E-state index is 5.31. The number of thiocarbonyl (C=S) groups is 1. The molecule has 0 amide bonds. The summed E-state index contributed by atoms with van der Waals surface area (Å²) in [5, 5.41) is 11.6. The minimum Gasteiger partial charge on any atom is -0.362 e. The van der Waals surface area contributed by atoms with Gasteiger partial charge in [-0.3, -0.25) is 4.68 Å². The Balaban J connectivity index is 2.00. The van der Waals surface area contributed by atoms with Crippen LogP contribution in [0.15, 0.2) is 30.3 Å². The lowest BCUT2D eigenvalue weighted by atomic mass is 10.2. The van der Waals surface area contributed by atoms with Gasteiger partial charge in [0.2, 0.25) is 0 Å². The third-order valence-electron chi connectivity index (χ3n) is 3.29. The Kier molecular flexibility index (Phi) is 5.55. The minimum atomic E-state index is 0.567. The third-order valence-corrected chi connectivity index (χ3v) is 3.54. The Labute approximate surface area is 137 Å². The summed E-state index contributed by atoms with van der Waals surface area (Å²) in [7, 11) is 0. The summed E-state index contributed by atoms with van der Waals surface area (Å²) in [5.74, 6) is 0.567. The lowest BCUT2D eigenvalue weighted by molar-refractivity contribution is 0.627. The van der Waals surface area contributed by atoms with Crippen molar-refractivity contribution >= 4 is 23.0 Å². The Bertz CT molecular complexity index is 646. The van der Waals surface area contributed by atoms with E-state index in [9.17, 15) is 0 Å².